The van der Waals surface area contributed by atoms with Crippen molar-refractivity contribution in [3.63, 3.8) is 0 Å². The summed E-state index contributed by atoms with van der Waals surface area (Å²) in [6, 6.07) is 13.1. The van der Waals surface area contributed by atoms with Gasteiger partial charge in [0.1, 0.15) is 0 Å². The topological polar surface area (TPSA) is 95.0 Å². The van der Waals surface area contributed by atoms with E-state index in [0.717, 1.165) is 28.3 Å². The minimum Gasteiger partial charge on any atom is -0.408 e. The number of aromatic nitrogens is 4. The van der Waals surface area contributed by atoms with E-state index in [4.69, 9.17) is 4.42 Å². The summed E-state index contributed by atoms with van der Waals surface area (Å²) in [7, 11) is 0. The summed E-state index contributed by atoms with van der Waals surface area (Å²) in [6.45, 7) is 4.76. The highest BCUT2D eigenvalue weighted by Crippen LogP contribution is 2.13. The van der Waals surface area contributed by atoms with Gasteiger partial charge in [-0.05, 0) is 50.1 Å². The van der Waals surface area contributed by atoms with Gasteiger partial charge in [0.05, 0.1) is 11.2 Å². The van der Waals surface area contributed by atoms with E-state index >= 15 is 0 Å². The second kappa shape index (κ2) is 8.36. The Morgan fingerprint density at radius 2 is 2.00 bits per heavy atom. The Bertz CT molecular complexity index is 1230. The van der Waals surface area contributed by atoms with E-state index in [1.165, 1.54) is 0 Å². The zero-order valence-electron chi connectivity index (χ0n) is 17.0. The lowest BCUT2D eigenvalue weighted by Crippen LogP contribution is -2.23. The summed E-state index contributed by atoms with van der Waals surface area (Å²) in [4.78, 5) is 28.6. The number of hydrogen-bond donors (Lipinski definition) is 1. The number of para-hydroxylation sites is 2. The van der Waals surface area contributed by atoms with Crippen LogP contribution >= 0.6 is 0 Å². The fourth-order valence-electron chi connectivity index (χ4n) is 3.42. The molecular weight excluding hydrogens is 382 g/mol. The summed E-state index contributed by atoms with van der Waals surface area (Å²) in [5.74, 6) is 0.275. The monoisotopic (exact) mass is 405 g/mol. The van der Waals surface area contributed by atoms with Crippen molar-refractivity contribution in [2.75, 3.05) is 0 Å². The van der Waals surface area contributed by atoms with Crippen molar-refractivity contribution >= 4 is 17.0 Å². The Hall–Kier alpha value is -3.68. The van der Waals surface area contributed by atoms with Crippen LogP contribution in [0.5, 0.6) is 0 Å². The number of carbonyl (C=O) groups is 1. The van der Waals surface area contributed by atoms with Gasteiger partial charge in [0.25, 0.3) is 0 Å². The molecule has 8 heteroatoms. The lowest BCUT2D eigenvalue weighted by atomic mass is 10.2. The number of carbonyl (C=O) groups excluding carboxylic acids is 1. The van der Waals surface area contributed by atoms with Crippen molar-refractivity contribution in [1.82, 2.24) is 24.6 Å². The first-order valence-corrected chi connectivity index (χ1v) is 9.85. The summed E-state index contributed by atoms with van der Waals surface area (Å²) in [5.41, 5.74) is 4.17. The smallest absolute Gasteiger partial charge is 0.408 e. The molecule has 0 atom stereocenters. The predicted molar refractivity (Wildman–Crippen MR) is 112 cm³/mol. The van der Waals surface area contributed by atoms with Crippen molar-refractivity contribution in [2.24, 2.45) is 0 Å². The second-order valence-electron chi connectivity index (χ2n) is 7.23. The van der Waals surface area contributed by atoms with E-state index in [-0.39, 0.29) is 5.91 Å². The van der Waals surface area contributed by atoms with Crippen LogP contribution in [0.3, 0.4) is 0 Å². The van der Waals surface area contributed by atoms with Gasteiger partial charge in [-0.2, -0.15) is 5.10 Å². The molecule has 0 aliphatic rings. The van der Waals surface area contributed by atoms with Gasteiger partial charge in [-0.25, -0.2) is 14.5 Å². The van der Waals surface area contributed by atoms with Crippen LogP contribution < -0.4 is 11.1 Å². The molecule has 30 heavy (non-hydrogen) atoms. The Kier molecular flexibility index (Phi) is 5.47. The van der Waals surface area contributed by atoms with E-state index < -0.39 is 5.76 Å². The quantitative estimate of drug-likeness (QED) is 0.510. The molecule has 0 saturated heterocycles. The average Bonchev–Trinajstić information content (AvgIpc) is 3.24. The van der Waals surface area contributed by atoms with Crippen molar-refractivity contribution in [2.45, 2.75) is 39.8 Å². The summed E-state index contributed by atoms with van der Waals surface area (Å²) < 4.78 is 8.56. The van der Waals surface area contributed by atoms with Crippen LogP contribution in [0.1, 0.15) is 29.8 Å². The van der Waals surface area contributed by atoms with Gasteiger partial charge in [0, 0.05) is 31.4 Å². The van der Waals surface area contributed by atoms with Crippen LogP contribution in [-0.4, -0.2) is 25.2 Å². The number of benzene rings is 1. The van der Waals surface area contributed by atoms with Crippen LogP contribution in [0.25, 0.3) is 16.9 Å². The molecule has 0 saturated carbocycles. The van der Waals surface area contributed by atoms with Gasteiger partial charge in [-0.15, -0.1) is 0 Å². The van der Waals surface area contributed by atoms with Crippen molar-refractivity contribution < 1.29 is 9.21 Å². The maximum absolute atomic E-state index is 12.2. The maximum Gasteiger partial charge on any atom is 0.419 e. The first-order valence-electron chi connectivity index (χ1n) is 9.85. The molecule has 3 heterocycles. The first-order chi connectivity index (χ1) is 14.5. The Labute approximate surface area is 173 Å². The van der Waals surface area contributed by atoms with Crippen LogP contribution in [0, 0.1) is 13.8 Å². The van der Waals surface area contributed by atoms with E-state index in [9.17, 15) is 9.59 Å². The van der Waals surface area contributed by atoms with Crippen LogP contribution in [0.4, 0.5) is 0 Å². The highest BCUT2D eigenvalue weighted by Gasteiger charge is 2.10. The van der Waals surface area contributed by atoms with E-state index in [1.54, 1.807) is 21.5 Å². The molecule has 1 N–H and O–H groups in total. The highest BCUT2D eigenvalue weighted by molar-refractivity contribution is 5.76. The molecule has 1 amide bonds. The molecule has 8 nitrogen and oxygen atoms in total. The number of nitrogens with one attached hydrogen (secondary N) is 1. The number of oxazole rings is 1. The van der Waals surface area contributed by atoms with E-state index in [0.29, 0.717) is 31.5 Å². The zero-order valence-corrected chi connectivity index (χ0v) is 17.0. The summed E-state index contributed by atoms with van der Waals surface area (Å²) >= 11 is 0. The van der Waals surface area contributed by atoms with Crippen LogP contribution in [-0.2, 0) is 17.9 Å². The largest absolute Gasteiger partial charge is 0.419 e. The molecule has 0 aliphatic carbocycles. The fraction of sp³-hybridized carbons (Fsp3) is 0.273. The summed E-state index contributed by atoms with van der Waals surface area (Å²) in [5, 5.41) is 7.31. The maximum atomic E-state index is 12.2. The lowest BCUT2D eigenvalue weighted by molar-refractivity contribution is -0.121. The third-order valence-corrected chi connectivity index (χ3v) is 4.88. The zero-order chi connectivity index (χ0) is 21.1. The van der Waals surface area contributed by atoms with Crippen molar-refractivity contribution in [1.29, 1.82) is 0 Å². The number of hydrogen-bond acceptors (Lipinski definition) is 5. The molecule has 0 radical (unpaired) electrons. The molecule has 0 spiro atoms. The molecule has 0 fully saturated rings. The minimum atomic E-state index is -0.398. The molecular formula is C22H23N5O3. The normalized spacial score (nSPS) is 11.1. The standard InChI is InChI=1S/C22H23N5O3/c1-15-12-16(2)27(25-15)20-10-9-17(13-23-20)14-24-21(28)8-5-11-26-18-6-3-4-7-19(18)30-22(26)29/h3-4,6-7,9-10,12-13H,5,8,11,14H2,1-2H3,(H,24,28). The predicted octanol–water partition coefficient (Wildman–Crippen LogP) is 2.89. The number of fused-ring (bicyclic) bond motifs is 1. The molecule has 3 aromatic heterocycles. The molecule has 0 unspecified atom stereocenters. The second-order valence-corrected chi connectivity index (χ2v) is 7.23. The number of rotatable bonds is 7. The van der Waals surface area contributed by atoms with Gasteiger partial charge >= 0.3 is 5.76 Å². The van der Waals surface area contributed by atoms with Gasteiger partial charge < -0.3 is 9.73 Å². The third-order valence-electron chi connectivity index (χ3n) is 4.88. The summed E-state index contributed by atoms with van der Waals surface area (Å²) in [6.07, 6.45) is 2.61. The van der Waals surface area contributed by atoms with E-state index in [2.05, 4.69) is 15.4 Å². The minimum absolute atomic E-state index is 0.0709. The molecule has 4 aromatic rings. The van der Waals surface area contributed by atoms with Gasteiger partial charge in [0.15, 0.2) is 11.4 Å². The molecule has 4 rings (SSSR count). The number of nitrogens with zero attached hydrogens (tertiary/aromatic N) is 4. The SMILES string of the molecule is Cc1cc(C)n(-c2ccc(CNC(=O)CCCn3c(=O)oc4ccccc43)cn2)n1. The Morgan fingerprint density at radius 1 is 1.17 bits per heavy atom. The highest BCUT2D eigenvalue weighted by atomic mass is 16.4. The molecule has 1 aromatic carbocycles. The first kappa shape index (κ1) is 19.6. The van der Waals surface area contributed by atoms with Crippen LogP contribution in [0.2, 0.25) is 0 Å². The average molecular weight is 405 g/mol. The van der Waals surface area contributed by atoms with Gasteiger partial charge in [-0.3, -0.25) is 9.36 Å². The third kappa shape index (κ3) is 4.17. The van der Waals surface area contributed by atoms with Crippen molar-refractivity contribution in [3.05, 3.63) is 76.2 Å². The Balaban J connectivity index is 1.28. The van der Waals surface area contributed by atoms with Crippen molar-refractivity contribution in [3.8, 4) is 5.82 Å². The molecule has 0 bridgehead atoms. The lowest BCUT2D eigenvalue weighted by Gasteiger charge is -2.07. The number of aryl methyl sites for hydroxylation is 3. The Morgan fingerprint density at radius 3 is 2.73 bits per heavy atom. The number of amides is 1. The molecule has 0 aliphatic heterocycles. The van der Waals surface area contributed by atoms with E-state index in [1.807, 2.05) is 50.2 Å². The fourth-order valence-corrected chi connectivity index (χ4v) is 3.42. The van der Waals surface area contributed by atoms with Gasteiger partial charge in [0.2, 0.25) is 5.91 Å². The van der Waals surface area contributed by atoms with Crippen LogP contribution in [0.15, 0.2) is 57.9 Å². The van der Waals surface area contributed by atoms with Gasteiger partial charge in [-0.1, -0.05) is 18.2 Å². The molecule has 154 valence electrons. The number of pyridine rings is 1.